The maximum absolute atomic E-state index is 13.8. The Hall–Kier alpha value is -1.32. The molecular formula is C18H23F3O6. The molecule has 4 fully saturated rings. The Morgan fingerprint density at radius 3 is 2.67 bits per heavy atom. The molecule has 152 valence electrons. The van der Waals surface area contributed by atoms with Gasteiger partial charge in [-0.1, -0.05) is 6.92 Å². The predicted octanol–water partition coefficient (Wildman–Crippen LogP) is 3.61. The fraction of sp³-hybridized carbons (Fsp3) is 0.833. The lowest BCUT2D eigenvalue weighted by molar-refractivity contribution is -0.557. The van der Waals surface area contributed by atoms with Gasteiger partial charge in [-0.2, -0.15) is 13.2 Å². The number of hydrogen-bond acceptors (Lipinski definition) is 6. The zero-order chi connectivity index (χ0) is 19.6. The average molecular weight is 392 g/mol. The number of hydrogen-bond donors (Lipinski definition) is 0. The second-order valence-corrected chi connectivity index (χ2v) is 8.11. The van der Waals surface area contributed by atoms with Crippen molar-refractivity contribution in [3.8, 4) is 0 Å². The van der Waals surface area contributed by atoms with Crippen LogP contribution in [0.4, 0.5) is 13.2 Å². The first-order chi connectivity index (χ1) is 12.6. The van der Waals surface area contributed by atoms with E-state index in [-0.39, 0.29) is 17.4 Å². The van der Waals surface area contributed by atoms with E-state index in [9.17, 15) is 18.0 Å². The minimum atomic E-state index is -4.73. The molecule has 5 rings (SSSR count). The zero-order valence-electron chi connectivity index (χ0n) is 15.4. The number of carbonyl (C=O) groups excluding carboxylic acids is 1. The maximum Gasteiger partial charge on any atom is 0.449 e. The van der Waals surface area contributed by atoms with Gasteiger partial charge in [-0.05, 0) is 32.1 Å². The van der Waals surface area contributed by atoms with Crippen molar-refractivity contribution in [3.63, 3.8) is 0 Å². The topological polar surface area (TPSA) is 63.2 Å². The summed E-state index contributed by atoms with van der Waals surface area (Å²) in [6, 6.07) is 0. The lowest BCUT2D eigenvalue weighted by Gasteiger charge is -2.57. The van der Waals surface area contributed by atoms with Crippen LogP contribution in [0.25, 0.3) is 0 Å². The highest BCUT2D eigenvalue weighted by Gasteiger charge is 2.70. The van der Waals surface area contributed by atoms with Gasteiger partial charge in [0.05, 0.1) is 0 Å². The summed E-state index contributed by atoms with van der Waals surface area (Å²) in [5.74, 6) is -3.50. The number of fused-ring (bicyclic) bond motifs is 2. The molecule has 5 aliphatic rings. The molecule has 1 aliphatic carbocycles. The number of halogens is 3. The lowest BCUT2D eigenvalue weighted by Crippen LogP contribution is -2.67. The minimum absolute atomic E-state index is 0.0901. The Kier molecular flexibility index (Phi) is 4.29. The van der Waals surface area contributed by atoms with Crippen molar-refractivity contribution in [1.82, 2.24) is 0 Å². The van der Waals surface area contributed by atoms with Crippen molar-refractivity contribution in [2.45, 2.75) is 70.3 Å². The summed E-state index contributed by atoms with van der Waals surface area (Å²) < 4.78 is 57.5. The Labute approximate surface area is 154 Å². The van der Waals surface area contributed by atoms with Crippen molar-refractivity contribution < 1.29 is 42.0 Å². The highest BCUT2D eigenvalue weighted by atomic mass is 19.4. The van der Waals surface area contributed by atoms with Crippen molar-refractivity contribution in [3.05, 3.63) is 11.3 Å². The molecule has 0 aromatic carbocycles. The van der Waals surface area contributed by atoms with E-state index < -0.39 is 48.1 Å². The van der Waals surface area contributed by atoms with Crippen LogP contribution in [0.15, 0.2) is 11.3 Å². The van der Waals surface area contributed by atoms with Gasteiger partial charge in [-0.3, -0.25) is 4.79 Å². The van der Waals surface area contributed by atoms with Gasteiger partial charge in [0.1, 0.15) is 6.61 Å². The lowest BCUT2D eigenvalue weighted by atomic mass is 9.59. The third kappa shape index (κ3) is 2.86. The largest absolute Gasteiger partial charge is 0.461 e. The molecule has 1 spiro atoms. The smallest absolute Gasteiger partial charge is 0.449 e. The quantitative estimate of drug-likeness (QED) is 0.529. The van der Waals surface area contributed by atoms with E-state index in [2.05, 4.69) is 6.92 Å². The summed E-state index contributed by atoms with van der Waals surface area (Å²) in [5.41, 5.74) is -1.29. The van der Waals surface area contributed by atoms with Gasteiger partial charge < -0.3 is 14.2 Å². The van der Waals surface area contributed by atoms with E-state index in [1.54, 1.807) is 6.92 Å². The highest BCUT2D eigenvalue weighted by molar-refractivity contribution is 5.66. The van der Waals surface area contributed by atoms with Crippen molar-refractivity contribution >= 4 is 5.97 Å². The fourth-order valence-corrected chi connectivity index (χ4v) is 5.08. The molecule has 6 nitrogen and oxygen atoms in total. The second kappa shape index (κ2) is 6.09. The molecule has 2 bridgehead atoms. The third-order valence-corrected chi connectivity index (χ3v) is 6.34. The van der Waals surface area contributed by atoms with Crippen LogP contribution in [0.3, 0.4) is 0 Å². The SMILES string of the molecule is CC(=O)OCC1=C(C(F)(F)F)O[C@@H]2O[C@]3(C)CC[C@H]4[C@H](C)CC[C@@H]1[C@@]24OO3. The van der Waals surface area contributed by atoms with E-state index in [1.165, 1.54) is 0 Å². The third-order valence-electron chi connectivity index (χ3n) is 6.34. The molecule has 4 heterocycles. The van der Waals surface area contributed by atoms with Crippen LogP contribution in [0.1, 0.15) is 46.5 Å². The van der Waals surface area contributed by atoms with Gasteiger partial charge >= 0.3 is 12.1 Å². The molecule has 0 unspecified atom stereocenters. The van der Waals surface area contributed by atoms with Gasteiger partial charge in [-0.25, -0.2) is 9.78 Å². The van der Waals surface area contributed by atoms with Crippen LogP contribution in [0, 0.1) is 17.8 Å². The molecule has 1 saturated carbocycles. The zero-order valence-corrected chi connectivity index (χ0v) is 15.4. The van der Waals surface area contributed by atoms with Gasteiger partial charge in [0.25, 0.3) is 0 Å². The number of esters is 1. The fourth-order valence-electron chi connectivity index (χ4n) is 5.08. The van der Waals surface area contributed by atoms with E-state index in [4.69, 9.17) is 24.0 Å². The van der Waals surface area contributed by atoms with Crippen LogP contribution < -0.4 is 0 Å². The van der Waals surface area contributed by atoms with E-state index in [1.807, 2.05) is 0 Å². The van der Waals surface area contributed by atoms with Crippen LogP contribution >= 0.6 is 0 Å². The average Bonchev–Trinajstić information content (AvgIpc) is 2.80. The van der Waals surface area contributed by atoms with Crippen LogP contribution in [0.5, 0.6) is 0 Å². The Morgan fingerprint density at radius 1 is 1.26 bits per heavy atom. The Bertz CT molecular complexity index is 676. The molecular weight excluding hydrogens is 369 g/mol. The summed E-state index contributed by atoms with van der Waals surface area (Å²) in [4.78, 5) is 22.6. The molecule has 0 aromatic rings. The van der Waals surface area contributed by atoms with Crippen molar-refractivity contribution in [1.29, 1.82) is 0 Å². The normalized spacial score (nSPS) is 43.6. The molecule has 27 heavy (non-hydrogen) atoms. The standard InChI is InChI=1S/C18H23F3O6/c1-9-4-5-13-11(8-23-10(2)22)14(18(19,20)21)24-15-17(13)12(9)6-7-16(3,25-15)26-27-17/h9,12-13,15H,4-8H2,1-3H3/t9-,12+,13+,15-,16+,17-/m1/s1. The summed E-state index contributed by atoms with van der Waals surface area (Å²) in [5, 5.41) is 0. The van der Waals surface area contributed by atoms with E-state index in [0.29, 0.717) is 19.3 Å². The van der Waals surface area contributed by atoms with Gasteiger partial charge in [-0.15, -0.1) is 0 Å². The number of allylic oxidation sites excluding steroid dienone is 1. The molecule has 4 aliphatic heterocycles. The van der Waals surface area contributed by atoms with Crippen molar-refractivity contribution in [2.24, 2.45) is 17.8 Å². The van der Waals surface area contributed by atoms with Crippen LogP contribution in [-0.4, -0.2) is 36.4 Å². The molecule has 3 saturated heterocycles. The molecule has 9 heteroatoms. The van der Waals surface area contributed by atoms with Crippen LogP contribution in [0.2, 0.25) is 0 Å². The summed E-state index contributed by atoms with van der Waals surface area (Å²) in [6.07, 6.45) is -3.59. The first-order valence-corrected chi connectivity index (χ1v) is 9.22. The second-order valence-electron chi connectivity index (χ2n) is 8.11. The highest BCUT2D eigenvalue weighted by Crippen LogP contribution is 2.61. The number of ether oxygens (including phenoxy) is 3. The predicted molar refractivity (Wildman–Crippen MR) is 83.6 cm³/mol. The minimum Gasteiger partial charge on any atom is -0.461 e. The number of alkyl halides is 3. The van der Waals surface area contributed by atoms with Gasteiger partial charge in [0.2, 0.25) is 17.8 Å². The molecule has 0 N–H and O–H groups in total. The maximum atomic E-state index is 13.8. The first kappa shape index (κ1) is 19.0. The monoisotopic (exact) mass is 392 g/mol. The van der Waals surface area contributed by atoms with E-state index in [0.717, 1.165) is 13.3 Å². The Morgan fingerprint density at radius 2 is 2.00 bits per heavy atom. The molecule has 0 aromatic heterocycles. The number of rotatable bonds is 2. The van der Waals surface area contributed by atoms with Gasteiger partial charge in [0, 0.05) is 30.8 Å². The summed E-state index contributed by atoms with van der Waals surface area (Å²) >= 11 is 0. The molecule has 0 amide bonds. The first-order valence-electron chi connectivity index (χ1n) is 9.22. The number of carbonyl (C=O) groups is 1. The van der Waals surface area contributed by atoms with Crippen molar-refractivity contribution in [2.75, 3.05) is 6.61 Å². The molecule has 0 radical (unpaired) electrons. The van der Waals surface area contributed by atoms with Gasteiger partial charge in [0.15, 0.2) is 5.60 Å². The van der Waals surface area contributed by atoms with Crippen LogP contribution in [-0.2, 0) is 28.8 Å². The summed E-state index contributed by atoms with van der Waals surface area (Å²) in [6.45, 7) is 4.37. The molecule has 6 atom stereocenters. The van der Waals surface area contributed by atoms with E-state index >= 15 is 0 Å². The summed E-state index contributed by atoms with van der Waals surface area (Å²) in [7, 11) is 0. The Balaban J connectivity index is 1.84.